The zero-order valence-corrected chi connectivity index (χ0v) is 13.0. The summed E-state index contributed by atoms with van der Waals surface area (Å²) in [5, 5.41) is 9.65. The molecule has 1 aliphatic heterocycles. The van der Waals surface area contributed by atoms with E-state index >= 15 is 0 Å². The number of aromatic nitrogens is 2. The Morgan fingerprint density at radius 1 is 1.68 bits per heavy atom. The summed E-state index contributed by atoms with van der Waals surface area (Å²) in [7, 11) is 0. The van der Waals surface area contributed by atoms with Gasteiger partial charge in [0, 0.05) is 18.4 Å². The van der Waals surface area contributed by atoms with Gasteiger partial charge in [0.15, 0.2) is 5.16 Å². The Balaban J connectivity index is 2.14. The quantitative estimate of drug-likeness (QED) is 0.819. The normalized spacial score (nSPS) is 19.2. The van der Waals surface area contributed by atoms with Crippen molar-refractivity contribution in [3.05, 3.63) is 11.9 Å². The SMILES string of the molecule is CC(C)c1cnc(SCC(=O)O)n1CC1CCSC1. The highest BCUT2D eigenvalue weighted by Crippen LogP contribution is 2.29. The molecular weight excluding hydrogens is 280 g/mol. The average Bonchev–Trinajstić information content (AvgIpc) is 2.96. The van der Waals surface area contributed by atoms with Gasteiger partial charge in [0.1, 0.15) is 0 Å². The maximum atomic E-state index is 10.7. The van der Waals surface area contributed by atoms with Crippen LogP contribution in [0.5, 0.6) is 0 Å². The van der Waals surface area contributed by atoms with E-state index in [1.165, 1.54) is 35.4 Å². The van der Waals surface area contributed by atoms with E-state index in [0.29, 0.717) is 11.8 Å². The number of rotatable bonds is 6. The Hall–Kier alpha value is -0.620. The van der Waals surface area contributed by atoms with Crippen LogP contribution in [-0.2, 0) is 11.3 Å². The summed E-state index contributed by atoms with van der Waals surface area (Å²) in [6.07, 6.45) is 3.15. The van der Waals surface area contributed by atoms with Crippen LogP contribution >= 0.6 is 23.5 Å². The number of imidazole rings is 1. The van der Waals surface area contributed by atoms with Crippen LogP contribution in [0.15, 0.2) is 11.4 Å². The van der Waals surface area contributed by atoms with Gasteiger partial charge in [0.2, 0.25) is 0 Å². The molecule has 0 spiro atoms. The van der Waals surface area contributed by atoms with Crippen LogP contribution < -0.4 is 0 Å². The number of hydrogen-bond acceptors (Lipinski definition) is 4. The number of carboxylic acid groups (broad SMARTS) is 1. The van der Waals surface area contributed by atoms with Crippen molar-refractivity contribution in [2.75, 3.05) is 17.3 Å². The van der Waals surface area contributed by atoms with Crippen molar-refractivity contribution >= 4 is 29.5 Å². The third-order valence-corrected chi connectivity index (χ3v) is 5.44. The van der Waals surface area contributed by atoms with Crippen LogP contribution in [-0.4, -0.2) is 37.9 Å². The first-order chi connectivity index (χ1) is 9.08. The molecule has 1 aliphatic rings. The van der Waals surface area contributed by atoms with Crippen molar-refractivity contribution in [2.24, 2.45) is 5.92 Å². The van der Waals surface area contributed by atoms with Gasteiger partial charge in [-0.1, -0.05) is 25.6 Å². The number of hydrogen-bond donors (Lipinski definition) is 1. The molecule has 0 radical (unpaired) electrons. The lowest BCUT2D eigenvalue weighted by atomic mass is 10.1. The summed E-state index contributed by atoms with van der Waals surface area (Å²) in [5.41, 5.74) is 1.21. The van der Waals surface area contributed by atoms with E-state index in [2.05, 4.69) is 23.4 Å². The topological polar surface area (TPSA) is 55.1 Å². The second-order valence-corrected chi connectivity index (χ2v) is 7.24. The monoisotopic (exact) mass is 300 g/mol. The number of carboxylic acids is 1. The van der Waals surface area contributed by atoms with Gasteiger partial charge >= 0.3 is 5.97 Å². The van der Waals surface area contributed by atoms with Gasteiger partial charge in [0.25, 0.3) is 0 Å². The molecule has 2 heterocycles. The second kappa shape index (κ2) is 6.70. The fourth-order valence-electron chi connectivity index (χ4n) is 2.24. The third kappa shape index (κ3) is 3.92. The molecule has 1 fully saturated rings. The molecule has 0 aliphatic carbocycles. The molecule has 0 aromatic carbocycles. The molecule has 1 atom stereocenters. The lowest BCUT2D eigenvalue weighted by Crippen LogP contribution is -2.14. The number of nitrogens with zero attached hydrogens (tertiary/aromatic N) is 2. The highest BCUT2D eigenvalue weighted by Gasteiger charge is 2.21. The van der Waals surface area contributed by atoms with E-state index in [4.69, 9.17) is 5.11 Å². The van der Waals surface area contributed by atoms with Crippen LogP contribution in [0.4, 0.5) is 0 Å². The van der Waals surface area contributed by atoms with Crippen LogP contribution in [0.1, 0.15) is 31.9 Å². The zero-order valence-electron chi connectivity index (χ0n) is 11.3. The first kappa shape index (κ1) is 14.8. The molecule has 1 N–H and O–H groups in total. The van der Waals surface area contributed by atoms with E-state index in [1.54, 1.807) is 0 Å². The van der Waals surface area contributed by atoms with Crippen LogP contribution in [0.2, 0.25) is 0 Å². The Bertz CT molecular complexity index is 440. The van der Waals surface area contributed by atoms with Crippen molar-refractivity contribution in [3.63, 3.8) is 0 Å². The average molecular weight is 300 g/mol. The minimum absolute atomic E-state index is 0.0773. The molecule has 1 aromatic rings. The fraction of sp³-hybridized carbons (Fsp3) is 0.692. The minimum Gasteiger partial charge on any atom is -0.481 e. The van der Waals surface area contributed by atoms with E-state index in [0.717, 1.165) is 11.7 Å². The molecule has 19 heavy (non-hydrogen) atoms. The molecule has 0 saturated carbocycles. The first-order valence-corrected chi connectivity index (χ1v) is 8.69. The number of carbonyl (C=O) groups is 1. The van der Waals surface area contributed by atoms with Gasteiger partial charge in [-0.2, -0.15) is 11.8 Å². The van der Waals surface area contributed by atoms with Crippen molar-refractivity contribution in [3.8, 4) is 0 Å². The molecule has 1 unspecified atom stereocenters. The van der Waals surface area contributed by atoms with Crippen molar-refractivity contribution in [1.29, 1.82) is 0 Å². The maximum Gasteiger partial charge on any atom is 0.313 e. The number of thioether (sulfide) groups is 2. The third-order valence-electron chi connectivity index (χ3n) is 3.23. The van der Waals surface area contributed by atoms with E-state index in [-0.39, 0.29) is 5.75 Å². The van der Waals surface area contributed by atoms with Gasteiger partial charge in [-0.3, -0.25) is 4.79 Å². The van der Waals surface area contributed by atoms with Gasteiger partial charge in [0.05, 0.1) is 5.75 Å². The predicted octanol–water partition coefficient (Wildman–Crippen LogP) is 2.94. The molecular formula is C13H20N2O2S2. The highest BCUT2D eigenvalue weighted by molar-refractivity contribution is 7.99. The summed E-state index contributed by atoms with van der Waals surface area (Å²) in [5.74, 6) is 2.85. The fourth-order valence-corrected chi connectivity index (χ4v) is 4.23. The van der Waals surface area contributed by atoms with Gasteiger partial charge in [-0.05, 0) is 29.8 Å². The Labute approximate surface area is 122 Å². The molecule has 106 valence electrons. The number of aliphatic carboxylic acids is 1. The Morgan fingerprint density at radius 3 is 3.05 bits per heavy atom. The Kier molecular flexibility index (Phi) is 5.21. The van der Waals surface area contributed by atoms with Gasteiger partial charge in [-0.15, -0.1) is 0 Å². The van der Waals surface area contributed by atoms with Crippen molar-refractivity contribution in [2.45, 2.75) is 37.9 Å². The minimum atomic E-state index is -0.790. The largest absolute Gasteiger partial charge is 0.481 e. The zero-order chi connectivity index (χ0) is 13.8. The predicted molar refractivity (Wildman–Crippen MR) is 80.1 cm³/mol. The summed E-state index contributed by atoms with van der Waals surface area (Å²) in [4.78, 5) is 15.1. The molecule has 1 aromatic heterocycles. The van der Waals surface area contributed by atoms with E-state index < -0.39 is 5.97 Å². The summed E-state index contributed by atoms with van der Waals surface area (Å²) >= 11 is 3.33. The molecule has 2 rings (SSSR count). The van der Waals surface area contributed by atoms with E-state index in [9.17, 15) is 4.79 Å². The van der Waals surface area contributed by atoms with Gasteiger partial charge in [-0.25, -0.2) is 4.98 Å². The second-order valence-electron chi connectivity index (χ2n) is 5.14. The van der Waals surface area contributed by atoms with Crippen molar-refractivity contribution in [1.82, 2.24) is 9.55 Å². The summed E-state index contributed by atoms with van der Waals surface area (Å²) < 4.78 is 2.23. The van der Waals surface area contributed by atoms with Crippen LogP contribution in [0, 0.1) is 5.92 Å². The maximum absolute atomic E-state index is 10.7. The lowest BCUT2D eigenvalue weighted by molar-refractivity contribution is -0.133. The van der Waals surface area contributed by atoms with Crippen LogP contribution in [0.25, 0.3) is 0 Å². The summed E-state index contributed by atoms with van der Waals surface area (Å²) in [6.45, 7) is 5.29. The standard InChI is InChI=1S/C13H20N2O2S2/c1-9(2)11-5-14-13(19-8-12(16)17)15(11)6-10-3-4-18-7-10/h5,9-10H,3-4,6-8H2,1-2H3,(H,16,17). The van der Waals surface area contributed by atoms with Gasteiger partial charge < -0.3 is 9.67 Å². The molecule has 0 amide bonds. The highest BCUT2D eigenvalue weighted by atomic mass is 32.2. The van der Waals surface area contributed by atoms with Crippen LogP contribution in [0.3, 0.4) is 0 Å². The van der Waals surface area contributed by atoms with Crippen molar-refractivity contribution < 1.29 is 9.90 Å². The molecule has 1 saturated heterocycles. The smallest absolute Gasteiger partial charge is 0.313 e. The Morgan fingerprint density at radius 2 is 2.47 bits per heavy atom. The first-order valence-electron chi connectivity index (χ1n) is 6.55. The molecule has 6 heteroatoms. The summed E-state index contributed by atoms with van der Waals surface area (Å²) in [6, 6.07) is 0. The van der Waals surface area contributed by atoms with E-state index in [1.807, 2.05) is 18.0 Å². The lowest BCUT2D eigenvalue weighted by Gasteiger charge is -2.17. The molecule has 4 nitrogen and oxygen atoms in total. The molecule has 0 bridgehead atoms.